The highest BCUT2D eigenvalue weighted by Gasteiger charge is 2.05. The average molecular weight is 278 g/mol. The summed E-state index contributed by atoms with van der Waals surface area (Å²) in [5.41, 5.74) is 0.450. The Kier molecular flexibility index (Phi) is 3.91. The van der Waals surface area contributed by atoms with Crippen molar-refractivity contribution in [2.75, 3.05) is 5.32 Å². The average Bonchev–Trinajstić information content (AvgIpc) is 2.13. The summed E-state index contributed by atoms with van der Waals surface area (Å²) in [6.07, 6.45) is 0.747. The standard InChI is InChI=1S/C8H6BrClN2O2/c9-5-2-1-3-6(8(5)10)12-7(13)4-11-14/h1-4,14H,(H,12,13)/b11-4-. The molecule has 0 aliphatic rings. The fraction of sp³-hybridized carbons (Fsp3) is 0. The molecular formula is C8H6BrClN2O2. The fourth-order valence-electron chi connectivity index (χ4n) is 0.818. The number of carbonyl (C=O) groups is 1. The smallest absolute Gasteiger partial charge is 0.270 e. The van der Waals surface area contributed by atoms with Crippen LogP contribution >= 0.6 is 27.5 Å². The van der Waals surface area contributed by atoms with Crippen LogP contribution in [-0.2, 0) is 4.79 Å². The van der Waals surface area contributed by atoms with Crippen LogP contribution in [0, 0.1) is 0 Å². The first-order chi connectivity index (χ1) is 6.65. The minimum absolute atomic E-state index is 0.396. The van der Waals surface area contributed by atoms with Crippen LogP contribution in [0.15, 0.2) is 27.8 Å². The molecule has 4 nitrogen and oxygen atoms in total. The molecule has 0 bridgehead atoms. The van der Waals surface area contributed by atoms with Gasteiger partial charge in [-0.3, -0.25) is 4.79 Å². The highest BCUT2D eigenvalue weighted by molar-refractivity contribution is 9.10. The van der Waals surface area contributed by atoms with Gasteiger partial charge in [-0.05, 0) is 28.1 Å². The highest BCUT2D eigenvalue weighted by atomic mass is 79.9. The molecule has 0 saturated carbocycles. The Hall–Kier alpha value is -1.07. The van der Waals surface area contributed by atoms with Crippen molar-refractivity contribution in [3.63, 3.8) is 0 Å². The van der Waals surface area contributed by atoms with Gasteiger partial charge in [-0.15, -0.1) is 0 Å². The normalized spacial score (nSPS) is 10.4. The van der Waals surface area contributed by atoms with E-state index in [1.165, 1.54) is 0 Å². The molecule has 0 aliphatic carbocycles. The Morgan fingerprint density at radius 3 is 3.00 bits per heavy atom. The van der Waals surface area contributed by atoms with Crippen LogP contribution < -0.4 is 5.32 Å². The molecule has 0 atom stereocenters. The van der Waals surface area contributed by atoms with Gasteiger partial charge in [0.2, 0.25) is 0 Å². The third-order valence-electron chi connectivity index (χ3n) is 1.38. The van der Waals surface area contributed by atoms with Gasteiger partial charge in [0, 0.05) is 4.47 Å². The summed E-state index contributed by atoms with van der Waals surface area (Å²) in [6.45, 7) is 0. The maximum Gasteiger partial charge on any atom is 0.270 e. The van der Waals surface area contributed by atoms with E-state index in [-0.39, 0.29) is 0 Å². The molecule has 0 spiro atoms. The third kappa shape index (κ3) is 2.71. The van der Waals surface area contributed by atoms with E-state index in [9.17, 15) is 4.79 Å². The molecule has 14 heavy (non-hydrogen) atoms. The predicted molar refractivity (Wildman–Crippen MR) is 58.1 cm³/mol. The second-order valence-electron chi connectivity index (χ2n) is 2.34. The first-order valence-corrected chi connectivity index (χ1v) is 4.74. The van der Waals surface area contributed by atoms with Gasteiger partial charge in [0.15, 0.2) is 0 Å². The predicted octanol–water partition coefficient (Wildman–Crippen LogP) is 2.50. The van der Waals surface area contributed by atoms with Gasteiger partial charge in [0.25, 0.3) is 5.91 Å². The summed E-state index contributed by atoms with van der Waals surface area (Å²) in [4.78, 5) is 11.0. The van der Waals surface area contributed by atoms with Crippen molar-refractivity contribution >= 4 is 45.3 Å². The topological polar surface area (TPSA) is 61.7 Å². The number of benzene rings is 1. The van der Waals surface area contributed by atoms with Crippen molar-refractivity contribution in [2.24, 2.45) is 5.16 Å². The lowest BCUT2D eigenvalue weighted by Crippen LogP contribution is -2.12. The molecule has 0 aliphatic heterocycles. The minimum Gasteiger partial charge on any atom is -0.411 e. The Balaban J connectivity index is 2.87. The summed E-state index contributed by atoms with van der Waals surface area (Å²) >= 11 is 9.08. The number of anilines is 1. The molecule has 0 radical (unpaired) electrons. The number of amides is 1. The van der Waals surface area contributed by atoms with Crippen molar-refractivity contribution in [3.8, 4) is 0 Å². The van der Waals surface area contributed by atoms with Gasteiger partial charge in [0.05, 0.1) is 10.7 Å². The number of hydrogen-bond acceptors (Lipinski definition) is 3. The summed E-state index contributed by atoms with van der Waals surface area (Å²) in [6, 6.07) is 5.11. The molecule has 2 N–H and O–H groups in total. The van der Waals surface area contributed by atoms with E-state index in [1.54, 1.807) is 18.2 Å². The number of nitrogens with one attached hydrogen (secondary N) is 1. The molecule has 1 amide bonds. The van der Waals surface area contributed by atoms with Crippen molar-refractivity contribution in [3.05, 3.63) is 27.7 Å². The van der Waals surface area contributed by atoms with Crippen LogP contribution in [-0.4, -0.2) is 17.3 Å². The van der Waals surface area contributed by atoms with Crippen LogP contribution in [0.4, 0.5) is 5.69 Å². The van der Waals surface area contributed by atoms with Gasteiger partial charge < -0.3 is 10.5 Å². The van der Waals surface area contributed by atoms with Gasteiger partial charge >= 0.3 is 0 Å². The van der Waals surface area contributed by atoms with Crippen LogP contribution in [0.2, 0.25) is 5.02 Å². The van der Waals surface area contributed by atoms with Crippen molar-refractivity contribution in [1.82, 2.24) is 0 Å². The largest absolute Gasteiger partial charge is 0.411 e. The zero-order chi connectivity index (χ0) is 10.6. The van der Waals surface area contributed by atoms with E-state index < -0.39 is 5.91 Å². The lowest BCUT2D eigenvalue weighted by Gasteiger charge is -2.04. The van der Waals surface area contributed by atoms with E-state index in [4.69, 9.17) is 16.8 Å². The molecule has 0 heterocycles. The number of carbonyl (C=O) groups excluding carboxylic acids is 1. The van der Waals surface area contributed by atoms with Crippen LogP contribution in [0.3, 0.4) is 0 Å². The number of halogens is 2. The van der Waals surface area contributed by atoms with Gasteiger partial charge in [-0.2, -0.15) is 0 Å². The van der Waals surface area contributed by atoms with Gasteiger partial charge in [-0.1, -0.05) is 22.8 Å². The molecule has 1 aromatic carbocycles. The Morgan fingerprint density at radius 2 is 2.36 bits per heavy atom. The Labute approximate surface area is 93.7 Å². The SMILES string of the molecule is O=C(/C=N\O)Nc1cccc(Br)c1Cl. The fourth-order valence-corrected chi connectivity index (χ4v) is 1.36. The summed E-state index contributed by atoms with van der Waals surface area (Å²) in [5.74, 6) is -0.549. The molecule has 0 aromatic heterocycles. The van der Waals surface area contributed by atoms with Crippen LogP contribution in [0.5, 0.6) is 0 Å². The highest BCUT2D eigenvalue weighted by Crippen LogP contribution is 2.29. The third-order valence-corrected chi connectivity index (χ3v) is 2.68. The van der Waals surface area contributed by atoms with Crippen molar-refractivity contribution < 1.29 is 10.0 Å². The van der Waals surface area contributed by atoms with E-state index in [0.717, 1.165) is 6.21 Å². The molecule has 1 aromatic rings. The second-order valence-corrected chi connectivity index (χ2v) is 3.57. The number of oxime groups is 1. The summed E-state index contributed by atoms with van der Waals surface area (Å²) < 4.78 is 0.679. The molecule has 0 saturated heterocycles. The molecular weight excluding hydrogens is 271 g/mol. The summed E-state index contributed by atoms with van der Waals surface area (Å²) in [7, 11) is 0. The van der Waals surface area contributed by atoms with Crippen molar-refractivity contribution in [1.29, 1.82) is 0 Å². The molecule has 6 heteroatoms. The number of rotatable bonds is 2. The maximum absolute atomic E-state index is 11.0. The van der Waals surface area contributed by atoms with Gasteiger partial charge in [0.1, 0.15) is 6.21 Å². The molecule has 0 unspecified atom stereocenters. The van der Waals surface area contributed by atoms with E-state index in [0.29, 0.717) is 15.2 Å². The monoisotopic (exact) mass is 276 g/mol. The zero-order valence-electron chi connectivity index (χ0n) is 6.87. The molecule has 1 rings (SSSR count). The van der Waals surface area contributed by atoms with E-state index in [2.05, 4.69) is 26.4 Å². The first kappa shape index (κ1) is 11.0. The number of nitrogens with zero attached hydrogens (tertiary/aromatic N) is 1. The zero-order valence-corrected chi connectivity index (χ0v) is 9.21. The first-order valence-electron chi connectivity index (χ1n) is 3.57. The Bertz CT molecular complexity index is 382. The van der Waals surface area contributed by atoms with Gasteiger partial charge in [-0.25, -0.2) is 0 Å². The maximum atomic E-state index is 11.0. The van der Waals surface area contributed by atoms with Crippen molar-refractivity contribution in [2.45, 2.75) is 0 Å². The van der Waals surface area contributed by atoms with E-state index in [1.807, 2.05) is 0 Å². The lowest BCUT2D eigenvalue weighted by atomic mass is 10.3. The summed E-state index contributed by atoms with van der Waals surface area (Å²) in [5, 5.41) is 13.5. The minimum atomic E-state index is -0.549. The Morgan fingerprint density at radius 1 is 1.64 bits per heavy atom. The second kappa shape index (κ2) is 4.97. The number of hydrogen-bond donors (Lipinski definition) is 2. The lowest BCUT2D eigenvalue weighted by molar-refractivity contribution is -0.110. The van der Waals surface area contributed by atoms with E-state index >= 15 is 0 Å². The molecule has 74 valence electrons. The van der Waals surface area contributed by atoms with Crippen LogP contribution in [0.25, 0.3) is 0 Å². The quantitative estimate of drug-likeness (QED) is 0.496. The molecule has 0 fully saturated rings. The van der Waals surface area contributed by atoms with Crippen LogP contribution in [0.1, 0.15) is 0 Å².